The van der Waals surface area contributed by atoms with Crippen molar-refractivity contribution in [3.63, 3.8) is 0 Å². The molecule has 0 saturated carbocycles. The minimum absolute atomic E-state index is 0.302. The van der Waals surface area contributed by atoms with Gasteiger partial charge in [-0.3, -0.25) is 9.89 Å². The van der Waals surface area contributed by atoms with Crippen molar-refractivity contribution in [1.82, 2.24) is 15.6 Å². The Kier molecular flexibility index (Phi) is 7.48. The lowest BCUT2D eigenvalue weighted by Crippen LogP contribution is -2.17. The fourth-order valence-electron chi connectivity index (χ4n) is 3.22. The van der Waals surface area contributed by atoms with Crippen LogP contribution in [0.1, 0.15) is 21.6 Å². The molecule has 4 rings (SSSR count). The molecule has 0 atom stereocenters. The molecule has 1 aromatic heterocycles. The molecule has 0 fully saturated rings. The number of methoxy groups -OCH3 is 1. The van der Waals surface area contributed by atoms with Gasteiger partial charge in [-0.25, -0.2) is 5.43 Å². The van der Waals surface area contributed by atoms with Crippen LogP contribution in [0.2, 0.25) is 0 Å². The van der Waals surface area contributed by atoms with E-state index in [9.17, 15) is 4.79 Å². The Labute approximate surface area is 197 Å². The van der Waals surface area contributed by atoms with Crippen molar-refractivity contribution in [1.29, 1.82) is 0 Å². The van der Waals surface area contributed by atoms with Crippen LogP contribution in [0.15, 0.2) is 96.1 Å². The van der Waals surface area contributed by atoms with Crippen molar-refractivity contribution >= 4 is 18.2 Å². The molecule has 0 aliphatic heterocycles. The average molecular weight is 453 g/mol. The van der Waals surface area contributed by atoms with Crippen LogP contribution in [0, 0.1) is 0 Å². The molecular weight excluding hydrogens is 428 g/mol. The van der Waals surface area contributed by atoms with Gasteiger partial charge in [-0.05, 0) is 42.0 Å². The number of benzene rings is 3. The Hall–Kier alpha value is -4.65. The molecule has 0 aliphatic rings. The van der Waals surface area contributed by atoms with E-state index in [1.807, 2.05) is 84.9 Å². The maximum absolute atomic E-state index is 12.4. The summed E-state index contributed by atoms with van der Waals surface area (Å²) in [5, 5.41) is 10.9. The van der Waals surface area contributed by atoms with Gasteiger partial charge in [0.25, 0.3) is 5.91 Å². The van der Waals surface area contributed by atoms with Crippen molar-refractivity contribution in [2.24, 2.45) is 5.10 Å². The fraction of sp³-hybridized carbons (Fsp3) is 0.0741. The maximum atomic E-state index is 12.4. The standard InChI is InChI=1S/C27H24N4O3/c1-33-26-15-6-5-11-21(26)13-8-16-28-31-27(32)25-18-24(29-30-25)22-12-7-14-23(17-22)34-19-20-9-3-2-4-10-20/h2-18H,19H2,1H3,(H,29,30)(H,31,32)/b13-8+,28-16-. The molecule has 34 heavy (non-hydrogen) atoms. The molecule has 0 spiro atoms. The van der Waals surface area contributed by atoms with Crippen molar-refractivity contribution in [2.75, 3.05) is 7.11 Å². The highest BCUT2D eigenvalue weighted by Crippen LogP contribution is 2.23. The number of hydrazone groups is 1. The number of ether oxygens (including phenoxy) is 2. The zero-order valence-electron chi connectivity index (χ0n) is 18.6. The lowest BCUT2D eigenvalue weighted by Gasteiger charge is -2.07. The topological polar surface area (TPSA) is 88.6 Å². The van der Waals surface area contributed by atoms with E-state index in [-0.39, 0.29) is 0 Å². The molecule has 0 unspecified atom stereocenters. The number of nitrogens with one attached hydrogen (secondary N) is 2. The number of carbonyl (C=O) groups is 1. The van der Waals surface area contributed by atoms with Gasteiger partial charge in [-0.15, -0.1) is 0 Å². The van der Waals surface area contributed by atoms with Crippen LogP contribution in [0.25, 0.3) is 17.3 Å². The Morgan fingerprint density at radius 3 is 2.71 bits per heavy atom. The van der Waals surface area contributed by atoms with E-state index in [1.54, 1.807) is 19.3 Å². The minimum atomic E-state index is -0.392. The Balaban J connectivity index is 1.34. The molecule has 7 heteroatoms. The van der Waals surface area contributed by atoms with Crippen LogP contribution in [0.3, 0.4) is 0 Å². The van der Waals surface area contributed by atoms with Crippen LogP contribution >= 0.6 is 0 Å². The number of amides is 1. The van der Waals surface area contributed by atoms with Gasteiger partial charge in [0.2, 0.25) is 0 Å². The SMILES string of the molecule is COc1ccccc1/C=C/C=N\NC(=O)c1cc(-c2cccc(OCc3ccccc3)c2)n[nH]1. The third kappa shape index (κ3) is 5.98. The summed E-state index contributed by atoms with van der Waals surface area (Å²) in [6, 6.07) is 26.8. The monoisotopic (exact) mass is 452 g/mol. The fourth-order valence-corrected chi connectivity index (χ4v) is 3.22. The first-order valence-electron chi connectivity index (χ1n) is 10.7. The van der Waals surface area contributed by atoms with Crippen molar-refractivity contribution in [3.8, 4) is 22.8 Å². The lowest BCUT2D eigenvalue weighted by molar-refractivity contribution is 0.0950. The lowest BCUT2D eigenvalue weighted by atomic mass is 10.1. The molecule has 4 aromatic rings. The first-order valence-corrected chi connectivity index (χ1v) is 10.7. The van der Waals surface area contributed by atoms with E-state index in [2.05, 4.69) is 20.7 Å². The number of nitrogens with zero attached hydrogens (tertiary/aromatic N) is 2. The Bertz CT molecular complexity index is 1300. The maximum Gasteiger partial charge on any atom is 0.289 e. The van der Waals surface area contributed by atoms with E-state index in [1.165, 1.54) is 6.21 Å². The second kappa shape index (κ2) is 11.3. The van der Waals surface area contributed by atoms with Gasteiger partial charge in [0.1, 0.15) is 23.8 Å². The summed E-state index contributed by atoms with van der Waals surface area (Å²) >= 11 is 0. The average Bonchev–Trinajstić information content (AvgIpc) is 3.39. The van der Waals surface area contributed by atoms with Gasteiger partial charge in [0.05, 0.1) is 12.8 Å². The van der Waals surface area contributed by atoms with Gasteiger partial charge >= 0.3 is 0 Å². The summed E-state index contributed by atoms with van der Waals surface area (Å²) in [6.45, 7) is 0.474. The molecule has 170 valence electrons. The molecule has 7 nitrogen and oxygen atoms in total. The summed E-state index contributed by atoms with van der Waals surface area (Å²) in [5.74, 6) is 1.09. The third-order valence-corrected chi connectivity index (χ3v) is 4.94. The smallest absolute Gasteiger partial charge is 0.289 e. The zero-order valence-corrected chi connectivity index (χ0v) is 18.6. The molecular formula is C27H24N4O3. The number of aromatic amines is 1. The predicted octanol–water partition coefficient (Wildman–Crippen LogP) is 5.09. The Morgan fingerprint density at radius 2 is 1.85 bits per heavy atom. The molecule has 3 aromatic carbocycles. The number of hydrogen-bond acceptors (Lipinski definition) is 5. The van der Waals surface area contributed by atoms with Crippen LogP contribution in [0.4, 0.5) is 0 Å². The van der Waals surface area contributed by atoms with E-state index in [0.717, 1.165) is 28.2 Å². The van der Waals surface area contributed by atoms with Crippen molar-refractivity contribution < 1.29 is 14.3 Å². The number of carbonyl (C=O) groups excluding carboxylic acids is 1. The predicted molar refractivity (Wildman–Crippen MR) is 133 cm³/mol. The highest BCUT2D eigenvalue weighted by molar-refractivity contribution is 5.94. The summed E-state index contributed by atoms with van der Waals surface area (Å²) in [6.07, 6.45) is 5.06. The largest absolute Gasteiger partial charge is 0.496 e. The molecule has 1 heterocycles. The van der Waals surface area contributed by atoms with Crippen LogP contribution in [-0.2, 0) is 6.61 Å². The van der Waals surface area contributed by atoms with Gasteiger partial charge in [0, 0.05) is 17.3 Å². The quantitative estimate of drug-likeness (QED) is 0.273. The first-order chi connectivity index (χ1) is 16.7. The summed E-state index contributed by atoms with van der Waals surface area (Å²) in [5.41, 5.74) is 6.26. The van der Waals surface area contributed by atoms with Gasteiger partial charge < -0.3 is 9.47 Å². The molecule has 0 aliphatic carbocycles. The normalized spacial score (nSPS) is 11.1. The molecule has 0 radical (unpaired) electrons. The number of aromatic nitrogens is 2. The highest BCUT2D eigenvalue weighted by atomic mass is 16.5. The summed E-state index contributed by atoms with van der Waals surface area (Å²) < 4.78 is 11.2. The van der Waals surface area contributed by atoms with Gasteiger partial charge in [-0.2, -0.15) is 10.2 Å². The molecule has 2 N–H and O–H groups in total. The summed E-state index contributed by atoms with van der Waals surface area (Å²) in [7, 11) is 1.62. The second-order valence-corrected chi connectivity index (χ2v) is 7.29. The van der Waals surface area contributed by atoms with Crippen molar-refractivity contribution in [2.45, 2.75) is 6.61 Å². The Morgan fingerprint density at radius 1 is 1.03 bits per heavy atom. The second-order valence-electron chi connectivity index (χ2n) is 7.29. The molecule has 1 amide bonds. The third-order valence-electron chi connectivity index (χ3n) is 4.94. The number of H-pyrrole nitrogens is 1. The number of para-hydroxylation sites is 1. The van der Waals surface area contributed by atoms with E-state index in [4.69, 9.17) is 9.47 Å². The van der Waals surface area contributed by atoms with Crippen LogP contribution in [-0.4, -0.2) is 29.4 Å². The number of rotatable bonds is 9. The molecule has 0 bridgehead atoms. The van der Waals surface area contributed by atoms with E-state index in [0.29, 0.717) is 18.0 Å². The first kappa shape index (κ1) is 22.5. The zero-order chi connectivity index (χ0) is 23.6. The van der Waals surface area contributed by atoms with Crippen LogP contribution in [0.5, 0.6) is 11.5 Å². The van der Waals surface area contributed by atoms with Gasteiger partial charge in [-0.1, -0.05) is 60.7 Å². The molecule has 0 saturated heterocycles. The number of allylic oxidation sites excluding steroid dienone is 1. The van der Waals surface area contributed by atoms with E-state index >= 15 is 0 Å². The highest BCUT2D eigenvalue weighted by Gasteiger charge is 2.11. The van der Waals surface area contributed by atoms with E-state index < -0.39 is 5.91 Å². The number of hydrogen-bond donors (Lipinski definition) is 2. The summed E-state index contributed by atoms with van der Waals surface area (Å²) in [4.78, 5) is 12.4. The van der Waals surface area contributed by atoms with Crippen LogP contribution < -0.4 is 14.9 Å². The minimum Gasteiger partial charge on any atom is -0.496 e. The van der Waals surface area contributed by atoms with Crippen molar-refractivity contribution in [3.05, 3.63) is 108 Å². The van der Waals surface area contributed by atoms with Gasteiger partial charge in [0.15, 0.2) is 0 Å².